The van der Waals surface area contributed by atoms with Crippen molar-refractivity contribution < 1.29 is 13.9 Å². The van der Waals surface area contributed by atoms with E-state index in [2.05, 4.69) is 9.97 Å². The molecule has 0 unspecified atom stereocenters. The number of hydrogen-bond donors (Lipinski definition) is 0. The van der Waals surface area contributed by atoms with E-state index in [-0.39, 0.29) is 18.3 Å². The molecule has 2 fully saturated rings. The number of anilines is 1. The van der Waals surface area contributed by atoms with Gasteiger partial charge in [0, 0.05) is 43.8 Å². The molecule has 0 spiro atoms. The third kappa shape index (κ3) is 3.93. The minimum absolute atomic E-state index is 0.0217. The summed E-state index contributed by atoms with van der Waals surface area (Å²) in [5.41, 5.74) is 1.52. The molecular formula is C20H23FN4O2. The Hall–Kier alpha value is -2.54. The number of piperazine rings is 1. The average Bonchev–Trinajstić information content (AvgIpc) is 3.19. The SMILES string of the molecule is Cc1nc([C@@H]2CCOC2)cc(N2CCN(Cc3ccccc3F)C(=O)C2)n1. The first-order valence-electron chi connectivity index (χ1n) is 9.29. The van der Waals surface area contributed by atoms with Gasteiger partial charge in [-0.1, -0.05) is 18.2 Å². The van der Waals surface area contributed by atoms with Crippen molar-refractivity contribution in [3.63, 3.8) is 0 Å². The second kappa shape index (κ2) is 7.60. The van der Waals surface area contributed by atoms with Crippen molar-refractivity contribution in [3.8, 4) is 0 Å². The number of hydrogen-bond acceptors (Lipinski definition) is 5. The van der Waals surface area contributed by atoms with Gasteiger partial charge in [-0.3, -0.25) is 4.79 Å². The molecule has 27 heavy (non-hydrogen) atoms. The Balaban J connectivity index is 1.46. The molecule has 6 nitrogen and oxygen atoms in total. The van der Waals surface area contributed by atoms with Crippen molar-refractivity contribution in [2.24, 2.45) is 0 Å². The molecule has 2 aliphatic rings. The lowest BCUT2D eigenvalue weighted by atomic mass is 10.0. The molecule has 0 saturated carbocycles. The average molecular weight is 370 g/mol. The van der Waals surface area contributed by atoms with Crippen LogP contribution in [0.25, 0.3) is 0 Å². The van der Waals surface area contributed by atoms with Crippen molar-refractivity contribution in [2.75, 3.05) is 37.7 Å². The van der Waals surface area contributed by atoms with Gasteiger partial charge in [0.1, 0.15) is 17.5 Å². The molecule has 0 N–H and O–H groups in total. The normalized spacial score (nSPS) is 20.4. The van der Waals surface area contributed by atoms with Gasteiger partial charge in [0.25, 0.3) is 0 Å². The summed E-state index contributed by atoms with van der Waals surface area (Å²) in [4.78, 5) is 25.4. The van der Waals surface area contributed by atoms with E-state index in [0.29, 0.717) is 43.5 Å². The number of carbonyl (C=O) groups is 1. The number of rotatable bonds is 4. The van der Waals surface area contributed by atoms with E-state index in [1.165, 1.54) is 6.07 Å². The first-order valence-corrected chi connectivity index (χ1v) is 9.29. The zero-order valence-electron chi connectivity index (χ0n) is 15.4. The van der Waals surface area contributed by atoms with Crippen LogP contribution >= 0.6 is 0 Å². The Kier molecular flexibility index (Phi) is 5.03. The highest BCUT2D eigenvalue weighted by Crippen LogP contribution is 2.26. The fourth-order valence-electron chi connectivity index (χ4n) is 3.62. The van der Waals surface area contributed by atoms with Gasteiger partial charge in [-0.05, 0) is 19.4 Å². The van der Waals surface area contributed by atoms with E-state index < -0.39 is 0 Å². The molecular weight excluding hydrogens is 347 g/mol. The summed E-state index contributed by atoms with van der Waals surface area (Å²) in [6, 6.07) is 8.57. The number of halogens is 1. The zero-order chi connectivity index (χ0) is 18.8. The van der Waals surface area contributed by atoms with Crippen LogP contribution in [0.3, 0.4) is 0 Å². The number of ether oxygens (including phenoxy) is 1. The van der Waals surface area contributed by atoms with Gasteiger partial charge in [0.2, 0.25) is 5.91 Å². The molecule has 142 valence electrons. The highest BCUT2D eigenvalue weighted by molar-refractivity contribution is 5.82. The highest BCUT2D eigenvalue weighted by atomic mass is 19.1. The Morgan fingerprint density at radius 2 is 2.11 bits per heavy atom. The first-order chi connectivity index (χ1) is 13.1. The minimum atomic E-state index is -0.275. The van der Waals surface area contributed by atoms with E-state index in [1.807, 2.05) is 17.9 Å². The molecule has 1 amide bonds. The molecule has 0 aliphatic carbocycles. The lowest BCUT2D eigenvalue weighted by Gasteiger charge is -2.35. The summed E-state index contributed by atoms with van der Waals surface area (Å²) >= 11 is 0. The molecule has 3 heterocycles. The molecule has 2 aliphatic heterocycles. The first kappa shape index (κ1) is 17.9. The second-order valence-electron chi connectivity index (χ2n) is 7.09. The molecule has 1 aromatic heterocycles. The van der Waals surface area contributed by atoms with Crippen LogP contribution in [-0.2, 0) is 16.1 Å². The molecule has 2 saturated heterocycles. The Bertz CT molecular complexity index is 838. The monoisotopic (exact) mass is 370 g/mol. The third-order valence-corrected chi connectivity index (χ3v) is 5.15. The van der Waals surface area contributed by atoms with E-state index in [1.54, 1.807) is 23.1 Å². The van der Waals surface area contributed by atoms with Crippen LogP contribution in [-0.4, -0.2) is 53.6 Å². The van der Waals surface area contributed by atoms with E-state index >= 15 is 0 Å². The Labute approximate surface area is 158 Å². The number of benzene rings is 1. The van der Waals surface area contributed by atoms with Gasteiger partial charge < -0.3 is 14.5 Å². The number of aromatic nitrogens is 2. The van der Waals surface area contributed by atoms with Gasteiger partial charge in [-0.25, -0.2) is 14.4 Å². The van der Waals surface area contributed by atoms with Gasteiger partial charge in [-0.15, -0.1) is 0 Å². The largest absolute Gasteiger partial charge is 0.381 e. The quantitative estimate of drug-likeness (QED) is 0.826. The fraction of sp³-hybridized carbons (Fsp3) is 0.450. The van der Waals surface area contributed by atoms with Crippen LogP contribution in [0.1, 0.15) is 29.4 Å². The highest BCUT2D eigenvalue weighted by Gasteiger charge is 2.27. The van der Waals surface area contributed by atoms with Gasteiger partial charge in [-0.2, -0.15) is 0 Å². The standard InChI is InChI=1S/C20H23FN4O2/c1-14-22-18(16-6-9-27-13-16)10-19(23-14)24-7-8-25(20(26)12-24)11-15-4-2-3-5-17(15)21/h2-5,10,16H,6-9,11-13H2,1H3/t16-/m1/s1. The van der Waals surface area contributed by atoms with Crippen LogP contribution in [0.4, 0.5) is 10.2 Å². The van der Waals surface area contributed by atoms with E-state index in [9.17, 15) is 9.18 Å². The zero-order valence-corrected chi connectivity index (χ0v) is 15.4. The lowest BCUT2D eigenvalue weighted by molar-refractivity contribution is -0.131. The van der Waals surface area contributed by atoms with Crippen molar-refractivity contribution in [2.45, 2.75) is 25.8 Å². The molecule has 2 aromatic rings. The Morgan fingerprint density at radius 3 is 2.85 bits per heavy atom. The van der Waals surface area contributed by atoms with E-state index in [0.717, 1.165) is 24.5 Å². The maximum Gasteiger partial charge on any atom is 0.242 e. The summed E-state index contributed by atoms with van der Waals surface area (Å²) in [6.45, 7) is 5.06. The predicted octanol–water partition coefficient (Wildman–Crippen LogP) is 2.28. The maximum atomic E-state index is 13.9. The third-order valence-electron chi connectivity index (χ3n) is 5.15. The van der Waals surface area contributed by atoms with Crippen molar-refractivity contribution in [1.82, 2.24) is 14.9 Å². The number of amides is 1. The molecule has 0 radical (unpaired) electrons. The summed E-state index contributed by atoms with van der Waals surface area (Å²) < 4.78 is 19.3. The molecule has 7 heteroatoms. The maximum absolute atomic E-state index is 13.9. The van der Waals surface area contributed by atoms with Crippen LogP contribution in [0, 0.1) is 12.7 Å². The van der Waals surface area contributed by atoms with Crippen molar-refractivity contribution in [3.05, 3.63) is 53.2 Å². The number of carbonyl (C=O) groups excluding carboxylic acids is 1. The minimum Gasteiger partial charge on any atom is -0.381 e. The summed E-state index contributed by atoms with van der Waals surface area (Å²) in [7, 11) is 0. The Morgan fingerprint density at radius 1 is 1.26 bits per heavy atom. The van der Waals surface area contributed by atoms with Gasteiger partial charge >= 0.3 is 0 Å². The number of aryl methyl sites for hydroxylation is 1. The molecule has 1 aromatic carbocycles. The van der Waals surface area contributed by atoms with Crippen LogP contribution in [0.5, 0.6) is 0 Å². The second-order valence-corrected chi connectivity index (χ2v) is 7.09. The molecule has 0 bridgehead atoms. The lowest BCUT2D eigenvalue weighted by Crippen LogP contribution is -2.50. The summed E-state index contributed by atoms with van der Waals surface area (Å²) in [5.74, 6) is 1.48. The van der Waals surface area contributed by atoms with E-state index in [4.69, 9.17) is 4.74 Å². The van der Waals surface area contributed by atoms with Crippen LogP contribution in [0.15, 0.2) is 30.3 Å². The fourth-order valence-corrected chi connectivity index (χ4v) is 3.62. The van der Waals surface area contributed by atoms with Crippen LogP contribution in [0.2, 0.25) is 0 Å². The predicted molar refractivity (Wildman–Crippen MR) is 99.0 cm³/mol. The van der Waals surface area contributed by atoms with Crippen molar-refractivity contribution >= 4 is 11.7 Å². The molecule has 4 rings (SSSR count). The van der Waals surface area contributed by atoms with Gasteiger partial charge in [0.15, 0.2) is 0 Å². The summed E-state index contributed by atoms with van der Waals surface area (Å²) in [5, 5.41) is 0. The van der Waals surface area contributed by atoms with Crippen molar-refractivity contribution in [1.29, 1.82) is 0 Å². The topological polar surface area (TPSA) is 58.6 Å². The van der Waals surface area contributed by atoms with Gasteiger partial charge in [0.05, 0.1) is 18.8 Å². The van der Waals surface area contributed by atoms with Crippen LogP contribution < -0.4 is 4.90 Å². The summed E-state index contributed by atoms with van der Waals surface area (Å²) in [6.07, 6.45) is 0.964. The smallest absolute Gasteiger partial charge is 0.242 e. The number of nitrogens with zero attached hydrogens (tertiary/aromatic N) is 4. The molecule has 1 atom stereocenters.